The van der Waals surface area contributed by atoms with E-state index in [9.17, 15) is 13.6 Å². The summed E-state index contributed by atoms with van der Waals surface area (Å²) in [6, 6.07) is 7.74. The molecule has 0 saturated carbocycles. The van der Waals surface area contributed by atoms with Gasteiger partial charge < -0.3 is 9.47 Å². The summed E-state index contributed by atoms with van der Waals surface area (Å²) in [6.45, 7) is 3.00. The topological polar surface area (TPSA) is 54.3 Å². The van der Waals surface area contributed by atoms with Gasteiger partial charge in [-0.3, -0.25) is 9.69 Å². The zero-order chi connectivity index (χ0) is 20.0. The molecule has 2 atom stereocenters. The highest BCUT2D eigenvalue weighted by Gasteiger charge is 2.37. The van der Waals surface area contributed by atoms with Gasteiger partial charge in [-0.05, 0) is 43.5 Å². The number of fused-ring (bicyclic) bond motifs is 4. The van der Waals surface area contributed by atoms with Crippen LogP contribution in [-0.4, -0.2) is 51.8 Å². The zero-order valence-electron chi connectivity index (χ0n) is 16.3. The first-order chi connectivity index (χ1) is 14.0. The predicted molar refractivity (Wildman–Crippen MR) is 105 cm³/mol. The number of halogens is 2. The van der Waals surface area contributed by atoms with Crippen molar-refractivity contribution in [2.45, 2.75) is 44.2 Å². The van der Waals surface area contributed by atoms with Crippen LogP contribution in [0.3, 0.4) is 0 Å². The van der Waals surface area contributed by atoms with Crippen molar-refractivity contribution in [2.75, 3.05) is 31.1 Å². The minimum Gasteiger partial charge on any atom is -0.354 e. The molecule has 2 aromatic heterocycles. The molecule has 5 rings (SSSR count). The molecule has 0 radical (unpaired) electrons. The third-order valence-corrected chi connectivity index (χ3v) is 6.43. The van der Waals surface area contributed by atoms with Gasteiger partial charge in [-0.25, -0.2) is 8.78 Å². The predicted octanol–water partition coefficient (Wildman–Crippen LogP) is 2.49. The lowest BCUT2D eigenvalue weighted by molar-refractivity contribution is -0.0662. The molecule has 6 nitrogen and oxygen atoms in total. The van der Waals surface area contributed by atoms with Crippen LogP contribution in [0.25, 0.3) is 0 Å². The number of nitrogens with zero attached hydrogens (tertiary/aromatic N) is 5. The van der Waals surface area contributed by atoms with Gasteiger partial charge in [-0.2, -0.15) is 5.10 Å². The maximum absolute atomic E-state index is 13.7. The molecule has 2 aromatic rings. The molecule has 154 valence electrons. The Balaban J connectivity index is 1.38. The van der Waals surface area contributed by atoms with E-state index in [1.807, 2.05) is 28.8 Å². The maximum atomic E-state index is 13.7. The number of piperidine rings is 2. The van der Waals surface area contributed by atoms with Gasteiger partial charge in [0, 0.05) is 56.0 Å². The molecular formula is C21H25F2N5O. The lowest BCUT2D eigenvalue weighted by Gasteiger charge is -2.43. The standard InChI is InChI=1S/C21H25F2N5O/c22-21(23)6-2-8-26(14-21)12-16-4-5-18-17-9-15(11-28(18)20(16)29)10-27(13-17)19-3-1-7-24-25-19/h1,3-5,7,15,17H,2,6,8-14H2/t15-,17+/m0/s1. The Bertz CT molecular complexity index is 948. The van der Waals surface area contributed by atoms with Crippen LogP contribution in [0.4, 0.5) is 14.6 Å². The Labute approximate surface area is 168 Å². The van der Waals surface area contributed by atoms with Crippen molar-refractivity contribution in [3.63, 3.8) is 0 Å². The van der Waals surface area contributed by atoms with Crippen LogP contribution in [0.15, 0.2) is 35.3 Å². The maximum Gasteiger partial charge on any atom is 0.260 e. The number of hydrogen-bond acceptors (Lipinski definition) is 5. The number of alkyl halides is 2. The monoisotopic (exact) mass is 401 g/mol. The van der Waals surface area contributed by atoms with Crippen LogP contribution < -0.4 is 10.5 Å². The first-order valence-electron chi connectivity index (χ1n) is 10.3. The van der Waals surface area contributed by atoms with Crippen molar-refractivity contribution in [3.05, 3.63) is 52.1 Å². The fraction of sp³-hybridized carbons (Fsp3) is 0.571. The van der Waals surface area contributed by atoms with E-state index >= 15 is 0 Å². The third-order valence-electron chi connectivity index (χ3n) is 6.43. The normalized spacial score (nSPS) is 26.2. The summed E-state index contributed by atoms with van der Waals surface area (Å²) in [5.74, 6) is -1.13. The van der Waals surface area contributed by atoms with E-state index in [-0.39, 0.29) is 24.4 Å². The van der Waals surface area contributed by atoms with Crippen LogP contribution in [-0.2, 0) is 13.1 Å². The number of rotatable bonds is 3. The number of pyridine rings is 1. The molecule has 0 amide bonds. The largest absolute Gasteiger partial charge is 0.354 e. The van der Waals surface area contributed by atoms with Crippen LogP contribution in [0.1, 0.15) is 36.4 Å². The van der Waals surface area contributed by atoms with E-state index in [1.165, 1.54) is 0 Å². The molecule has 5 heterocycles. The van der Waals surface area contributed by atoms with Crippen molar-refractivity contribution in [3.8, 4) is 0 Å². The fourth-order valence-electron chi connectivity index (χ4n) is 5.18. The Morgan fingerprint density at radius 2 is 2.07 bits per heavy atom. The van der Waals surface area contributed by atoms with E-state index in [0.717, 1.165) is 31.0 Å². The minimum atomic E-state index is -2.65. The van der Waals surface area contributed by atoms with E-state index < -0.39 is 5.92 Å². The summed E-state index contributed by atoms with van der Waals surface area (Å²) < 4.78 is 29.3. The van der Waals surface area contributed by atoms with Crippen molar-refractivity contribution in [1.29, 1.82) is 0 Å². The molecule has 0 aromatic carbocycles. The molecule has 0 unspecified atom stereocenters. The SMILES string of the molecule is O=c1c(CN2CCCC(F)(F)C2)ccc2n1C[C@H]1C[C@@H]2CN(c2cccnn2)C1. The first-order valence-corrected chi connectivity index (χ1v) is 10.3. The van der Waals surface area contributed by atoms with E-state index in [2.05, 4.69) is 15.1 Å². The van der Waals surface area contributed by atoms with E-state index in [4.69, 9.17) is 0 Å². The highest BCUT2D eigenvalue weighted by atomic mass is 19.3. The third kappa shape index (κ3) is 3.66. The summed E-state index contributed by atoms with van der Waals surface area (Å²) in [5, 5.41) is 8.22. The lowest BCUT2D eigenvalue weighted by Crippen LogP contribution is -2.48. The molecule has 3 aliphatic rings. The van der Waals surface area contributed by atoms with Crippen LogP contribution in [0.2, 0.25) is 0 Å². The molecule has 0 aliphatic carbocycles. The summed E-state index contributed by atoms with van der Waals surface area (Å²) in [4.78, 5) is 17.1. The second kappa shape index (κ2) is 7.16. The van der Waals surface area contributed by atoms with Crippen molar-refractivity contribution >= 4 is 5.82 Å². The molecule has 8 heteroatoms. The first kappa shape index (κ1) is 18.7. The minimum absolute atomic E-state index is 0.0148. The molecule has 29 heavy (non-hydrogen) atoms. The summed E-state index contributed by atoms with van der Waals surface area (Å²) in [7, 11) is 0. The summed E-state index contributed by atoms with van der Waals surface area (Å²) in [5.41, 5.74) is 1.66. The lowest BCUT2D eigenvalue weighted by atomic mass is 9.83. The molecule has 2 saturated heterocycles. The van der Waals surface area contributed by atoms with Gasteiger partial charge in [0.1, 0.15) is 0 Å². The van der Waals surface area contributed by atoms with Crippen LogP contribution in [0.5, 0.6) is 0 Å². The smallest absolute Gasteiger partial charge is 0.260 e. The van der Waals surface area contributed by atoms with Crippen molar-refractivity contribution < 1.29 is 8.78 Å². The van der Waals surface area contributed by atoms with Gasteiger partial charge >= 0.3 is 0 Å². The average Bonchev–Trinajstić information content (AvgIpc) is 2.70. The zero-order valence-corrected chi connectivity index (χ0v) is 16.3. The van der Waals surface area contributed by atoms with Crippen molar-refractivity contribution in [2.24, 2.45) is 5.92 Å². The highest BCUT2D eigenvalue weighted by Crippen LogP contribution is 2.36. The molecule has 2 fully saturated rings. The summed E-state index contributed by atoms with van der Waals surface area (Å²) in [6.07, 6.45) is 3.15. The van der Waals surface area contributed by atoms with Gasteiger partial charge in [-0.1, -0.05) is 6.07 Å². The van der Waals surface area contributed by atoms with Crippen LogP contribution in [0, 0.1) is 5.92 Å². The van der Waals surface area contributed by atoms with Gasteiger partial charge in [0.15, 0.2) is 5.82 Å². The fourth-order valence-corrected chi connectivity index (χ4v) is 5.18. The summed E-state index contributed by atoms with van der Waals surface area (Å²) >= 11 is 0. The van der Waals surface area contributed by atoms with Gasteiger partial charge in [0.05, 0.1) is 6.54 Å². The second-order valence-electron chi connectivity index (χ2n) is 8.65. The van der Waals surface area contributed by atoms with E-state index in [0.29, 0.717) is 37.5 Å². The quantitative estimate of drug-likeness (QED) is 0.791. The average molecular weight is 401 g/mol. The molecular weight excluding hydrogens is 376 g/mol. The Morgan fingerprint density at radius 1 is 1.17 bits per heavy atom. The molecule has 0 spiro atoms. The number of likely N-dealkylation sites (tertiary alicyclic amines) is 1. The van der Waals surface area contributed by atoms with Gasteiger partial charge in [0.2, 0.25) is 0 Å². The van der Waals surface area contributed by atoms with Gasteiger partial charge in [-0.15, -0.1) is 5.10 Å². The number of aromatic nitrogens is 3. The number of hydrogen-bond donors (Lipinski definition) is 0. The Hall–Kier alpha value is -2.35. The van der Waals surface area contributed by atoms with Crippen LogP contribution >= 0.6 is 0 Å². The molecule has 0 N–H and O–H groups in total. The molecule has 2 bridgehead atoms. The Kier molecular flexibility index (Phi) is 4.61. The Morgan fingerprint density at radius 3 is 2.86 bits per heavy atom. The second-order valence-corrected chi connectivity index (χ2v) is 8.65. The van der Waals surface area contributed by atoms with Crippen molar-refractivity contribution in [1.82, 2.24) is 19.7 Å². The molecule has 3 aliphatic heterocycles. The highest BCUT2D eigenvalue weighted by molar-refractivity contribution is 5.39. The van der Waals surface area contributed by atoms with Gasteiger partial charge in [0.25, 0.3) is 11.5 Å². The van der Waals surface area contributed by atoms with E-state index in [1.54, 1.807) is 11.1 Å². The number of anilines is 1.